The van der Waals surface area contributed by atoms with Crippen LogP contribution in [0.2, 0.25) is 0 Å². The van der Waals surface area contributed by atoms with Gasteiger partial charge in [0.05, 0.1) is 20.3 Å². The quantitative estimate of drug-likeness (QED) is 0.527. The van der Waals surface area contributed by atoms with Gasteiger partial charge in [-0.05, 0) is 43.7 Å². The van der Waals surface area contributed by atoms with Gasteiger partial charge in [0, 0.05) is 66.4 Å². The zero-order chi connectivity index (χ0) is 22.8. The van der Waals surface area contributed by atoms with Gasteiger partial charge in [-0.1, -0.05) is 0 Å². The summed E-state index contributed by atoms with van der Waals surface area (Å²) in [5.41, 5.74) is 2.90. The highest BCUT2D eigenvalue weighted by molar-refractivity contribution is 5.91. The number of morpholine rings is 1. The lowest BCUT2D eigenvalue weighted by molar-refractivity contribution is 0.0371. The molecular formula is C26H30N2O5. The summed E-state index contributed by atoms with van der Waals surface area (Å²) in [7, 11) is 1.67. The van der Waals surface area contributed by atoms with Crippen molar-refractivity contribution < 1.29 is 24.4 Å². The first-order valence-electron chi connectivity index (χ1n) is 11.5. The van der Waals surface area contributed by atoms with Gasteiger partial charge in [-0.3, -0.25) is 4.90 Å². The maximum Gasteiger partial charge on any atom is 0.137 e. The molecule has 174 valence electrons. The summed E-state index contributed by atoms with van der Waals surface area (Å²) < 4.78 is 19.1. The Morgan fingerprint density at radius 1 is 1.06 bits per heavy atom. The van der Waals surface area contributed by atoms with E-state index in [0.717, 1.165) is 80.2 Å². The van der Waals surface area contributed by atoms with Crippen LogP contribution in [-0.4, -0.2) is 59.6 Å². The summed E-state index contributed by atoms with van der Waals surface area (Å²) >= 11 is 0. The van der Waals surface area contributed by atoms with Crippen LogP contribution in [-0.2, 0) is 17.7 Å². The largest absolute Gasteiger partial charge is 0.508 e. The van der Waals surface area contributed by atoms with Crippen LogP contribution in [0.5, 0.6) is 23.0 Å². The molecule has 1 saturated heterocycles. The molecule has 2 N–H and O–H groups in total. The van der Waals surface area contributed by atoms with E-state index in [1.165, 1.54) is 12.1 Å². The number of fused-ring (bicyclic) bond motifs is 2. The molecule has 33 heavy (non-hydrogen) atoms. The fourth-order valence-electron chi connectivity index (χ4n) is 4.66. The van der Waals surface area contributed by atoms with Crippen LogP contribution in [0.3, 0.4) is 0 Å². The zero-order valence-corrected chi connectivity index (χ0v) is 18.9. The molecule has 0 radical (unpaired) electrons. The minimum absolute atomic E-state index is 0.00841. The molecule has 2 aliphatic heterocycles. The maximum atomic E-state index is 10.2. The molecule has 0 spiro atoms. The Balaban J connectivity index is 1.36. The minimum Gasteiger partial charge on any atom is -0.508 e. The molecule has 2 aliphatic rings. The van der Waals surface area contributed by atoms with Crippen LogP contribution in [0.4, 0.5) is 0 Å². The van der Waals surface area contributed by atoms with Crippen molar-refractivity contribution in [3.05, 3.63) is 53.4 Å². The van der Waals surface area contributed by atoms with Crippen LogP contribution in [0.15, 0.2) is 42.3 Å². The number of phenolic OH excluding ortho intramolecular Hbond substituents is 2. The summed E-state index contributed by atoms with van der Waals surface area (Å²) in [5, 5.41) is 21.0. The average molecular weight is 451 g/mol. The smallest absolute Gasteiger partial charge is 0.137 e. The lowest BCUT2D eigenvalue weighted by Crippen LogP contribution is -2.36. The van der Waals surface area contributed by atoms with Gasteiger partial charge in [0.15, 0.2) is 0 Å². The Kier molecular flexibility index (Phi) is 6.15. The molecule has 1 aromatic heterocycles. The number of aryl methyl sites for hydroxylation is 1. The third-order valence-electron chi connectivity index (χ3n) is 6.42. The predicted octanol–water partition coefficient (Wildman–Crippen LogP) is 4.15. The highest BCUT2D eigenvalue weighted by Gasteiger charge is 2.23. The number of aromatic nitrogens is 1. The van der Waals surface area contributed by atoms with Crippen molar-refractivity contribution in [2.45, 2.75) is 25.8 Å². The third kappa shape index (κ3) is 4.65. The SMILES string of the molecule is COc1ccc2c(c1)c(C=C1Cc3c(O)cc(O)cc3O1)cn2CCCCN1CCOCC1. The molecule has 7 nitrogen and oxygen atoms in total. The number of ether oxygens (including phenoxy) is 3. The minimum atomic E-state index is -0.00841. The average Bonchev–Trinajstić information content (AvgIpc) is 3.38. The van der Waals surface area contributed by atoms with Crippen LogP contribution >= 0.6 is 0 Å². The van der Waals surface area contributed by atoms with Crippen molar-refractivity contribution in [1.29, 1.82) is 0 Å². The molecule has 3 aromatic rings. The molecule has 3 heterocycles. The summed E-state index contributed by atoms with van der Waals surface area (Å²) in [5.74, 6) is 2.09. The monoisotopic (exact) mass is 450 g/mol. The van der Waals surface area contributed by atoms with Gasteiger partial charge < -0.3 is 29.0 Å². The van der Waals surface area contributed by atoms with Crippen LogP contribution in [0.25, 0.3) is 17.0 Å². The number of allylic oxidation sites excluding steroid dienone is 1. The number of benzene rings is 2. The molecule has 1 fully saturated rings. The first kappa shape index (κ1) is 21.7. The van der Waals surface area contributed by atoms with Crippen LogP contribution < -0.4 is 9.47 Å². The van der Waals surface area contributed by atoms with E-state index in [0.29, 0.717) is 17.7 Å². The van der Waals surface area contributed by atoms with Gasteiger partial charge in [0.25, 0.3) is 0 Å². The number of methoxy groups -OCH3 is 1. The zero-order valence-electron chi connectivity index (χ0n) is 18.9. The fourth-order valence-corrected chi connectivity index (χ4v) is 4.66. The van der Waals surface area contributed by atoms with E-state index in [1.54, 1.807) is 7.11 Å². The predicted molar refractivity (Wildman–Crippen MR) is 127 cm³/mol. The van der Waals surface area contributed by atoms with Crippen molar-refractivity contribution >= 4 is 17.0 Å². The van der Waals surface area contributed by atoms with Crippen LogP contribution in [0.1, 0.15) is 24.0 Å². The van der Waals surface area contributed by atoms with Crippen molar-refractivity contribution in [2.24, 2.45) is 0 Å². The standard InChI is InChI=1S/C26H30N2O5/c1-31-20-4-5-24-22(15-20)18(12-21-16-23-25(30)13-19(29)14-26(23)33-21)17-28(24)7-3-2-6-27-8-10-32-11-9-27/h4-5,12-15,17,29-30H,2-3,6-11,16H2,1H3. The summed E-state index contributed by atoms with van der Waals surface area (Å²) in [4.78, 5) is 2.47. The topological polar surface area (TPSA) is 76.3 Å². The van der Waals surface area contributed by atoms with E-state index in [9.17, 15) is 10.2 Å². The highest BCUT2D eigenvalue weighted by atomic mass is 16.5. The molecule has 5 rings (SSSR count). The first-order valence-corrected chi connectivity index (χ1v) is 11.5. The van der Waals surface area contributed by atoms with Crippen LogP contribution in [0, 0.1) is 0 Å². The normalized spacial score (nSPS) is 17.4. The Morgan fingerprint density at radius 3 is 2.70 bits per heavy atom. The number of rotatable bonds is 7. The number of unbranched alkanes of at least 4 members (excludes halogenated alkanes) is 1. The molecule has 0 aliphatic carbocycles. The van der Waals surface area contributed by atoms with Crippen molar-refractivity contribution in [2.75, 3.05) is 40.0 Å². The second-order valence-electron chi connectivity index (χ2n) is 8.65. The Hall–Kier alpha value is -3.16. The van der Waals surface area contributed by atoms with E-state index in [1.807, 2.05) is 12.1 Å². The number of hydrogen-bond acceptors (Lipinski definition) is 6. The second kappa shape index (κ2) is 9.37. The van der Waals surface area contributed by atoms with Gasteiger partial charge >= 0.3 is 0 Å². The molecular weight excluding hydrogens is 420 g/mol. The van der Waals surface area contributed by atoms with Gasteiger partial charge in [0.1, 0.15) is 28.8 Å². The first-order chi connectivity index (χ1) is 16.1. The number of nitrogens with zero attached hydrogens (tertiary/aromatic N) is 2. The molecule has 0 saturated carbocycles. The van der Waals surface area contributed by atoms with Gasteiger partial charge in [-0.2, -0.15) is 0 Å². The third-order valence-corrected chi connectivity index (χ3v) is 6.42. The molecule has 0 atom stereocenters. The Morgan fingerprint density at radius 2 is 1.88 bits per heavy atom. The molecule has 7 heteroatoms. The lowest BCUT2D eigenvalue weighted by atomic mass is 10.1. The van der Waals surface area contributed by atoms with E-state index < -0.39 is 0 Å². The summed E-state index contributed by atoms with van der Waals surface area (Å²) in [6.07, 6.45) is 6.90. The van der Waals surface area contributed by atoms with Crippen molar-refractivity contribution in [3.8, 4) is 23.0 Å². The molecule has 0 bridgehead atoms. The molecule has 0 unspecified atom stereocenters. The highest BCUT2D eigenvalue weighted by Crippen LogP contribution is 2.41. The van der Waals surface area contributed by atoms with E-state index >= 15 is 0 Å². The summed E-state index contributed by atoms with van der Waals surface area (Å²) in [6, 6.07) is 9.03. The number of hydrogen-bond donors (Lipinski definition) is 2. The Bertz CT molecular complexity index is 1180. The van der Waals surface area contributed by atoms with E-state index in [2.05, 4.69) is 27.8 Å². The maximum absolute atomic E-state index is 10.2. The van der Waals surface area contributed by atoms with Gasteiger partial charge in [-0.15, -0.1) is 0 Å². The fraction of sp³-hybridized carbons (Fsp3) is 0.385. The second-order valence-corrected chi connectivity index (χ2v) is 8.65. The lowest BCUT2D eigenvalue weighted by Gasteiger charge is -2.26. The van der Waals surface area contributed by atoms with Gasteiger partial charge in [0.2, 0.25) is 0 Å². The van der Waals surface area contributed by atoms with E-state index in [-0.39, 0.29) is 11.5 Å². The number of phenols is 2. The summed E-state index contributed by atoms with van der Waals surface area (Å²) in [6.45, 7) is 5.78. The van der Waals surface area contributed by atoms with E-state index in [4.69, 9.17) is 14.2 Å². The molecule has 2 aromatic carbocycles. The van der Waals surface area contributed by atoms with Crippen molar-refractivity contribution in [1.82, 2.24) is 9.47 Å². The Labute approximate surface area is 193 Å². The van der Waals surface area contributed by atoms with Crippen molar-refractivity contribution in [3.63, 3.8) is 0 Å². The number of aromatic hydroxyl groups is 2. The van der Waals surface area contributed by atoms with Gasteiger partial charge in [-0.25, -0.2) is 0 Å². The molecule has 0 amide bonds.